The van der Waals surface area contributed by atoms with Gasteiger partial charge in [-0.15, -0.1) is 0 Å². The molecular weight excluding hydrogens is 172 g/mol. The third kappa shape index (κ3) is 46.6. The molecular formula is BF4Rb-. The summed E-state index contributed by atoms with van der Waals surface area (Å²) in [5, 5.41) is 0. The Morgan fingerprint density at radius 2 is 0.833 bits per heavy atom. The van der Waals surface area contributed by atoms with Crippen molar-refractivity contribution in [3.05, 3.63) is 0 Å². The summed E-state index contributed by atoms with van der Waals surface area (Å²) in [7, 11) is -6.00. The molecule has 0 spiro atoms. The van der Waals surface area contributed by atoms with E-state index in [1.165, 1.54) is 0 Å². The van der Waals surface area contributed by atoms with E-state index >= 15 is 0 Å². The molecule has 1 radical (unpaired) electrons. The van der Waals surface area contributed by atoms with Gasteiger partial charge in [-0.2, -0.15) is 0 Å². The summed E-state index contributed by atoms with van der Waals surface area (Å²) in [6.45, 7) is 0. The molecule has 0 heterocycles. The van der Waals surface area contributed by atoms with Gasteiger partial charge < -0.3 is 17.3 Å². The molecule has 0 aromatic heterocycles. The smallest absolute Gasteiger partial charge is 0.418 e. The van der Waals surface area contributed by atoms with Crippen molar-refractivity contribution in [1.29, 1.82) is 0 Å². The molecule has 6 heteroatoms. The first-order chi connectivity index (χ1) is 2.00. The van der Waals surface area contributed by atoms with Crippen LogP contribution in [-0.2, 0) is 0 Å². The average Bonchev–Trinajstić information content (AvgIpc) is 0.722. The monoisotopic (exact) mass is 172 g/mol. The number of halogens is 4. The van der Waals surface area contributed by atoms with Crippen LogP contribution in [0.3, 0.4) is 0 Å². The summed E-state index contributed by atoms with van der Waals surface area (Å²) in [5.41, 5.74) is 0. The Morgan fingerprint density at radius 1 is 0.833 bits per heavy atom. The van der Waals surface area contributed by atoms with Crippen molar-refractivity contribution in [2.45, 2.75) is 0 Å². The van der Waals surface area contributed by atoms with Gasteiger partial charge in [-0.25, -0.2) is 0 Å². The first-order valence-corrected chi connectivity index (χ1v) is 0.873. The molecule has 0 amide bonds. The molecule has 0 saturated carbocycles. The Kier molecular flexibility index (Phi) is 6.28. The van der Waals surface area contributed by atoms with E-state index < -0.39 is 7.25 Å². The second-order valence-electron chi connectivity index (χ2n) is 0.495. The van der Waals surface area contributed by atoms with Crippen molar-refractivity contribution in [1.82, 2.24) is 0 Å². The Balaban J connectivity index is 0. The van der Waals surface area contributed by atoms with Crippen LogP contribution in [0.2, 0.25) is 0 Å². The van der Waals surface area contributed by atoms with Crippen molar-refractivity contribution in [3.63, 3.8) is 0 Å². The summed E-state index contributed by atoms with van der Waals surface area (Å²) in [6.07, 6.45) is 0. The zero-order chi connectivity index (χ0) is 4.50. The van der Waals surface area contributed by atoms with E-state index in [-0.39, 0.29) is 58.2 Å². The zero-order valence-corrected chi connectivity index (χ0v) is 8.01. The fourth-order valence-corrected chi connectivity index (χ4v) is 0. The van der Waals surface area contributed by atoms with Gasteiger partial charge in [0, 0.05) is 58.2 Å². The summed E-state index contributed by atoms with van der Waals surface area (Å²) in [5.74, 6) is 0. The SMILES string of the molecule is F[B-](F)(F)F.[Rb]. The molecule has 0 bridgehead atoms. The second-order valence-corrected chi connectivity index (χ2v) is 0.495. The van der Waals surface area contributed by atoms with E-state index in [1.54, 1.807) is 0 Å². The van der Waals surface area contributed by atoms with Crippen LogP contribution in [0.25, 0.3) is 0 Å². The minimum Gasteiger partial charge on any atom is -0.418 e. The number of hydrogen-bond acceptors (Lipinski definition) is 0. The van der Waals surface area contributed by atoms with E-state index in [1.807, 2.05) is 0 Å². The normalized spacial score (nSPS) is 10.0. The first-order valence-electron chi connectivity index (χ1n) is 0.873. The maximum Gasteiger partial charge on any atom is 0.673 e. The van der Waals surface area contributed by atoms with Gasteiger partial charge in [0.05, 0.1) is 0 Å². The quantitative estimate of drug-likeness (QED) is 0.376. The van der Waals surface area contributed by atoms with Crippen LogP contribution >= 0.6 is 0 Å². The minimum atomic E-state index is -6.00. The maximum atomic E-state index is 9.75. The van der Waals surface area contributed by atoms with Crippen molar-refractivity contribution >= 4 is 65.4 Å². The predicted molar refractivity (Wildman–Crippen MR) is 15.9 cm³/mol. The molecule has 0 nitrogen and oxygen atoms in total. The van der Waals surface area contributed by atoms with Gasteiger partial charge >= 0.3 is 7.25 Å². The van der Waals surface area contributed by atoms with Crippen LogP contribution in [0.5, 0.6) is 0 Å². The van der Waals surface area contributed by atoms with Crippen LogP contribution in [0, 0.1) is 0 Å². The Morgan fingerprint density at radius 3 is 0.833 bits per heavy atom. The molecule has 6 heavy (non-hydrogen) atoms. The predicted octanol–water partition coefficient (Wildman–Crippen LogP) is 0.919. The van der Waals surface area contributed by atoms with Crippen molar-refractivity contribution in [2.75, 3.05) is 0 Å². The minimum absolute atomic E-state index is 0. The Labute approximate surface area is 81.2 Å². The molecule has 0 saturated heterocycles. The van der Waals surface area contributed by atoms with E-state index in [4.69, 9.17) is 0 Å². The van der Waals surface area contributed by atoms with Gasteiger partial charge in [0.1, 0.15) is 0 Å². The van der Waals surface area contributed by atoms with Crippen molar-refractivity contribution < 1.29 is 17.3 Å². The second kappa shape index (κ2) is 3.57. The molecule has 0 atom stereocenters. The molecule has 0 unspecified atom stereocenters. The van der Waals surface area contributed by atoms with Gasteiger partial charge in [0.2, 0.25) is 0 Å². The zero-order valence-electron chi connectivity index (χ0n) is 3.09. The molecule has 0 fully saturated rings. The van der Waals surface area contributed by atoms with Crippen LogP contribution in [0.4, 0.5) is 17.3 Å². The Bertz CT molecular complexity index is 23.0. The fourth-order valence-electron chi connectivity index (χ4n) is 0. The van der Waals surface area contributed by atoms with Gasteiger partial charge in [0.15, 0.2) is 0 Å². The third-order valence-electron chi connectivity index (χ3n) is 0. The first kappa shape index (κ1) is 10.5. The Hall–Kier alpha value is 1.59. The molecule has 0 rings (SSSR count). The van der Waals surface area contributed by atoms with E-state index in [0.717, 1.165) is 0 Å². The van der Waals surface area contributed by atoms with E-state index in [9.17, 15) is 17.3 Å². The summed E-state index contributed by atoms with van der Waals surface area (Å²) in [4.78, 5) is 0. The molecule has 0 aliphatic heterocycles. The van der Waals surface area contributed by atoms with Crippen LogP contribution in [0.1, 0.15) is 0 Å². The third-order valence-corrected chi connectivity index (χ3v) is 0. The number of hydrogen-bond donors (Lipinski definition) is 0. The molecule has 0 aliphatic rings. The van der Waals surface area contributed by atoms with Gasteiger partial charge in [-0.05, 0) is 0 Å². The molecule has 33 valence electrons. The van der Waals surface area contributed by atoms with Gasteiger partial charge in [0.25, 0.3) is 0 Å². The topological polar surface area (TPSA) is 0 Å². The molecule has 0 aromatic rings. The summed E-state index contributed by atoms with van der Waals surface area (Å²) in [6, 6.07) is 0. The van der Waals surface area contributed by atoms with Gasteiger partial charge in [-0.1, -0.05) is 0 Å². The molecule has 0 aliphatic carbocycles. The maximum absolute atomic E-state index is 9.75. The fraction of sp³-hybridized carbons (Fsp3) is 0. The van der Waals surface area contributed by atoms with Gasteiger partial charge in [-0.3, -0.25) is 0 Å². The average molecular weight is 172 g/mol. The van der Waals surface area contributed by atoms with E-state index in [0.29, 0.717) is 0 Å². The largest absolute Gasteiger partial charge is 0.673 e. The molecule has 0 N–H and O–H groups in total. The van der Waals surface area contributed by atoms with Crippen molar-refractivity contribution in [3.8, 4) is 0 Å². The van der Waals surface area contributed by atoms with Crippen molar-refractivity contribution in [2.24, 2.45) is 0 Å². The van der Waals surface area contributed by atoms with Crippen LogP contribution < -0.4 is 0 Å². The molecule has 0 aromatic carbocycles. The summed E-state index contributed by atoms with van der Waals surface area (Å²) < 4.78 is 39.0. The van der Waals surface area contributed by atoms with E-state index in [2.05, 4.69) is 0 Å². The standard InChI is InChI=1S/BF4.Rb/c2-1(3,4)5;/q-1;. The van der Waals surface area contributed by atoms with Crippen LogP contribution in [-0.4, -0.2) is 65.4 Å². The summed E-state index contributed by atoms with van der Waals surface area (Å²) >= 11 is 0. The number of rotatable bonds is 0. The van der Waals surface area contributed by atoms with Crippen LogP contribution in [0.15, 0.2) is 0 Å².